The quantitative estimate of drug-likeness (QED) is 0.329. The van der Waals surface area contributed by atoms with Crippen molar-refractivity contribution in [1.29, 1.82) is 0 Å². The minimum Gasteiger partial charge on any atom is -0.276 e. The molecule has 29 heavy (non-hydrogen) atoms. The van der Waals surface area contributed by atoms with Gasteiger partial charge in [0.05, 0.1) is 4.92 Å². The molecule has 3 rings (SSSR count). The van der Waals surface area contributed by atoms with Crippen LogP contribution in [0.5, 0.6) is 0 Å². The molecule has 0 fully saturated rings. The Morgan fingerprint density at radius 2 is 1.52 bits per heavy atom. The van der Waals surface area contributed by atoms with Crippen molar-refractivity contribution in [2.24, 2.45) is 0 Å². The van der Waals surface area contributed by atoms with Crippen molar-refractivity contribution in [2.45, 2.75) is 0 Å². The lowest BCUT2D eigenvalue weighted by molar-refractivity contribution is -0.383. The van der Waals surface area contributed by atoms with Crippen LogP contribution >= 0.6 is 0 Å². The third-order valence-corrected chi connectivity index (χ3v) is 3.43. The molecule has 3 aromatic heterocycles. The maximum absolute atomic E-state index is 12.1. The minimum absolute atomic E-state index is 0.0969. The zero-order chi connectivity index (χ0) is 20.6. The molecule has 0 aliphatic rings. The summed E-state index contributed by atoms with van der Waals surface area (Å²) in [5.41, 5.74) is 9.07. The number of nitro groups is 1. The number of hydrogen-bond acceptors (Lipinski definition) is 10. The maximum atomic E-state index is 12.1. The van der Waals surface area contributed by atoms with Gasteiger partial charge >= 0.3 is 5.69 Å². The Bertz CT molecular complexity index is 957. The topological polar surface area (TPSA) is 177 Å². The number of aromatic nitrogens is 4. The van der Waals surface area contributed by atoms with Gasteiger partial charge in [0.1, 0.15) is 12.0 Å². The van der Waals surface area contributed by atoms with Crippen LogP contribution in [-0.4, -0.2) is 36.7 Å². The summed E-state index contributed by atoms with van der Waals surface area (Å²) in [7, 11) is 0. The second-order valence-electron chi connectivity index (χ2n) is 5.29. The molecule has 0 spiro atoms. The zero-order valence-corrected chi connectivity index (χ0v) is 14.6. The van der Waals surface area contributed by atoms with E-state index in [2.05, 4.69) is 41.6 Å². The predicted molar refractivity (Wildman–Crippen MR) is 99.3 cm³/mol. The molecule has 0 aromatic carbocycles. The molecule has 0 unspecified atom stereocenters. The number of nitrogens with zero attached hydrogens (tertiary/aromatic N) is 5. The summed E-state index contributed by atoms with van der Waals surface area (Å²) in [6.45, 7) is 0. The SMILES string of the molecule is O=C(NNc1ncnc(NNC(=O)c2ccccn2)c1[N+](=O)[O-])c1ccncc1. The zero-order valence-electron chi connectivity index (χ0n) is 14.6. The van der Waals surface area contributed by atoms with Crippen LogP contribution in [0.3, 0.4) is 0 Å². The van der Waals surface area contributed by atoms with E-state index in [9.17, 15) is 19.7 Å². The summed E-state index contributed by atoms with van der Waals surface area (Å²) in [5.74, 6) is -1.77. The molecule has 4 N–H and O–H groups in total. The predicted octanol–water partition coefficient (Wildman–Crippen LogP) is 0.689. The second kappa shape index (κ2) is 8.81. The highest BCUT2D eigenvalue weighted by Gasteiger charge is 2.24. The first kappa shape index (κ1) is 19.1. The van der Waals surface area contributed by atoms with Crippen LogP contribution in [0.25, 0.3) is 0 Å². The van der Waals surface area contributed by atoms with Crippen LogP contribution in [0.4, 0.5) is 17.3 Å². The second-order valence-corrected chi connectivity index (χ2v) is 5.29. The van der Waals surface area contributed by atoms with Gasteiger partial charge in [0.25, 0.3) is 11.8 Å². The van der Waals surface area contributed by atoms with Crippen molar-refractivity contribution in [1.82, 2.24) is 30.8 Å². The largest absolute Gasteiger partial charge is 0.356 e. The van der Waals surface area contributed by atoms with Crippen molar-refractivity contribution in [2.75, 3.05) is 10.9 Å². The highest BCUT2D eigenvalue weighted by atomic mass is 16.6. The summed E-state index contributed by atoms with van der Waals surface area (Å²) < 4.78 is 0. The van der Waals surface area contributed by atoms with E-state index < -0.39 is 22.4 Å². The maximum Gasteiger partial charge on any atom is 0.356 e. The molecule has 0 atom stereocenters. The van der Waals surface area contributed by atoms with E-state index in [-0.39, 0.29) is 22.9 Å². The minimum atomic E-state index is -0.768. The van der Waals surface area contributed by atoms with Crippen molar-refractivity contribution < 1.29 is 14.5 Å². The van der Waals surface area contributed by atoms with Crippen LogP contribution in [0.2, 0.25) is 0 Å². The van der Waals surface area contributed by atoms with Gasteiger partial charge in [0.15, 0.2) is 0 Å². The van der Waals surface area contributed by atoms with Crippen molar-refractivity contribution in [3.63, 3.8) is 0 Å². The number of nitrogens with one attached hydrogen (secondary N) is 4. The van der Waals surface area contributed by atoms with Crippen LogP contribution in [0.15, 0.2) is 55.2 Å². The average Bonchev–Trinajstić information content (AvgIpc) is 2.76. The Hall–Kier alpha value is -4.68. The standard InChI is InChI=1S/C16H13N9O4/c26-15(10-4-7-17-8-5-10)23-21-13-12(25(28)29)14(20-9-19-13)22-24-16(27)11-3-1-2-6-18-11/h1-9H,(H,23,26)(H,24,27)(H2,19,20,21,22). The Morgan fingerprint density at radius 3 is 2.10 bits per heavy atom. The molecule has 13 heteroatoms. The van der Waals surface area contributed by atoms with Gasteiger partial charge in [-0.1, -0.05) is 6.07 Å². The molecular formula is C16H13N9O4. The van der Waals surface area contributed by atoms with Gasteiger partial charge in [-0.15, -0.1) is 0 Å². The Morgan fingerprint density at radius 1 is 0.862 bits per heavy atom. The molecule has 13 nitrogen and oxygen atoms in total. The summed E-state index contributed by atoms with van der Waals surface area (Å²) in [6.07, 6.45) is 5.29. The normalized spacial score (nSPS) is 9.93. The highest BCUT2D eigenvalue weighted by Crippen LogP contribution is 2.27. The summed E-state index contributed by atoms with van der Waals surface area (Å²) >= 11 is 0. The summed E-state index contributed by atoms with van der Waals surface area (Å²) in [6, 6.07) is 7.64. The lowest BCUT2D eigenvalue weighted by atomic mass is 10.3. The number of rotatable bonds is 7. The number of carbonyl (C=O) groups is 2. The molecule has 0 bridgehead atoms. The van der Waals surface area contributed by atoms with Crippen LogP contribution in [0, 0.1) is 10.1 Å². The van der Waals surface area contributed by atoms with Gasteiger partial charge in [-0.3, -0.25) is 51.4 Å². The van der Waals surface area contributed by atoms with Gasteiger partial charge in [0, 0.05) is 24.2 Å². The number of pyridine rings is 2. The van der Waals surface area contributed by atoms with E-state index >= 15 is 0 Å². The molecule has 3 heterocycles. The van der Waals surface area contributed by atoms with Gasteiger partial charge in [0.2, 0.25) is 11.6 Å². The van der Waals surface area contributed by atoms with Crippen molar-refractivity contribution in [3.05, 3.63) is 76.6 Å². The fourth-order valence-corrected chi connectivity index (χ4v) is 2.10. The number of amides is 2. The van der Waals surface area contributed by atoms with E-state index in [1.807, 2.05) is 0 Å². The van der Waals surface area contributed by atoms with Crippen molar-refractivity contribution >= 4 is 29.1 Å². The molecule has 0 saturated carbocycles. The fourth-order valence-electron chi connectivity index (χ4n) is 2.10. The van der Waals surface area contributed by atoms with Crippen LogP contribution in [0.1, 0.15) is 20.8 Å². The van der Waals surface area contributed by atoms with Crippen LogP contribution in [-0.2, 0) is 0 Å². The first-order valence-electron chi connectivity index (χ1n) is 7.99. The van der Waals surface area contributed by atoms with Crippen LogP contribution < -0.4 is 21.7 Å². The van der Waals surface area contributed by atoms with Crippen molar-refractivity contribution in [3.8, 4) is 0 Å². The molecule has 2 amide bonds. The third kappa shape index (κ3) is 4.73. The van der Waals surface area contributed by atoms with Gasteiger partial charge < -0.3 is 0 Å². The molecule has 3 aromatic rings. The van der Waals surface area contributed by atoms with Gasteiger partial charge in [-0.05, 0) is 24.3 Å². The molecule has 0 aliphatic heterocycles. The first-order chi connectivity index (χ1) is 14.1. The molecule has 0 radical (unpaired) electrons. The van der Waals surface area contributed by atoms with E-state index in [0.29, 0.717) is 0 Å². The highest BCUT2D eigenvalue weighted by molar-refractivity contribution is 5.95. The van der Waals surface area contributed by atoms with E-state index in [4.69, 9.17) is 0 Å². The fraction of sp³-hybridized carbons (Fsp3) is 0. The monoisotopic (exact) mass is 395 g/mol. The smallest absolute Gasteiger partial charge is 0.276 e. The molecule has 146 valence electrons. The third-order valence-electron chi connectivity index (χ3n) is 3.43. The number of anilines is 2. The summed E-state index contributed by atoms with van der Waals surface area (Å²) in [5, 5.41) is 11.5. The lowest BCUT2D eigenvalue weighted by Crippen LogP contribution is -2.32. The van der Waals surface area contributed by atoms with E-state index in [1.54, 1.807) is 12.1 Å². The molecular weight excluding hydrogens is 382 g/mol. The van der Waals surface area contributed by atoms with E-state index in [0.717, 1.165) is 6.33 Å². The van der Waals surface area contributed by atoms with Gasteiger partial charge in [-0.2, -0.15) is 0 Å². The number of carbonyl (C=O) groups excluding carboxylic acids is 2. The Balaban J connectivity index is 1.73. The average molecular weight is 395 g/mol. The summed E-state index contributed by atoms with van der Waals surface area (Å²) in [4.78, 5) is 50.0. The Labute approximate surface area is 162 Å². The number of hydrazine groups is 2. The molecule has 0 saturated heterocycles. The Kier molecular flexibility index (Phi) is 5.80. The molecule has 0 aliphatic carbocycles. The number of hydrogen-bond donors (Lipinski definition) is 4. The lowest BCUT2D eigenvalue weighted by Gasteiger charge is -2.11. The van der Waals surface area contributed by atoms with Gasteiger partial charge in [-0.25, -0.2) is 9.97 Å². The first-order valence-corrected chi connectivity index (χ1v) is 7.99. The van der Waals surface area contributed by atoms with E-state index in [1.165, 1.54) is 36.8 Å².